The highest BCUT2D eigenvalue weighted by atomic mass is 16.3. The van der Waals surface area contributed by atoms with E-state index in [4.69, 9.17) is 5.11 Å². The van der Waals surface area contributed by atoms with Gasteiger partial charge in [-0.15, -0.1) is 0 Å². The van der Waals surface area contributed by atoms with Gasteiger partial charge in [0.15, 0.2) is 0 Å². The molecule has 96 valence electrons. The highest BCUT2D eigenvalue weighted by molar-refractivity contribution is 5.16. The highest BCUT2D eigenvalue weighted by Crippen LogP contribution is 2.03. The molecule has 1 atom stereocenters. The normalized spacial score (nSPS) is 12.9. The fraction of sp³-hybridized carbons (Fsp3) is 0.625. The van der Waals surface area contributed by atoms with Crippen molar-refractivity contribution in [1.29, 1.82) is 0 Å². The van der Waals surface area contributed by atoms with Crippen LogP contribution in [0.5, 0.6) is 0 Å². The maximum atomic E-state index is 8.90. The molecule has 0 bridgehead atoms. The second-order valence-electron chi connectivity index (χ2n) is 4.27. The van der Waals surface area contributed by atoms with Gasteiger partial charge in [0.25, 0.3) is 0 Å². The lowest BCUT2D eigenvalue weighted by atomic mass is 10.1. The molecule has 0 radical (unpaired) electrons. The standard InChI is InChI=1S/C16H26O/c1-3-4-5-6-7-8-9-10-11-12-13-14-15-16(2)17/h6-7,12-13,16-17H,3-5,8-11H2,1-2H3/b7-6-,13-12-/t16-/m0/s1. The molecule has 0 aliphatic carbocycles. The average molecular weight is 234 g/mol. The highest BCUT2D eigenvalue weighted by Gasteiger charge is 1.84. The van der Waals surface area contributed by atoms with Gasteiger partial charge in [0.2, 0.25) is 0 Å². The molecule has 0 aliphatic heterocycles. The molecular weight excluding hydrogens is 208 g/mol. The summed E-state index contributed by atoms with van der Waals surface area (Å²) in [5, 5.41) is 8.90. The summed E-state index contributed by atoms with van der Waals surface area (Å²) in [5.41, 5.74) is 0. The molecule has 1 nitrogen and oxygen atoms in total. The smallest absolute Gasteiger partial charge is 0.112 e. The summed E-state index contributed by atoms with van der Waals surface area (Å²) in [7, 11) is 0. The van der Waals surface area contributed by atoms with Crippen molar-refractivity contribution >= 4 is 0 Å². The number of hydrogen-bond donors (Lipinski definition) is 1. The Morgan fingerprint density at radius 2 is 1.59 bits per heavy atom. The zero-order valence-electron chi connectivity index (χ0n) is 11.3. The molecular formula is C16H26O. The number of aliphatic hydroxyl groups is 1. The van der Waals surface area contributed by atoms with Crippen LogP contribution in [0.2, 0.25) is 0 Å². The van der Waals surface area contributed by atoms with Crippen LogP contribution in [0.1, 0.15) is 58.8 Å². The molecule has 1 N–H and O–H groups in total. The average Bonchev–Trinajstić information content (AvgIpc) is 2.30. The second-order valence-corrected chi connectivity index (χ2v) is 4.27. The van der Waals surface area contributed by atoms with E-state index in [1.165, 1.54) is 38.5 Å². The van der Waals surface area contributed by atoms with Crippen LogP contribution in [-0.4, -0.2) is 11.2 Å². The first kappa shape index (κ1) is 16.0. The van der Waals surface area contributed by atoms with E-state index in [2.05, 4.69) is 37.0 Å². The van der Waals surface area contributed by atoms with E-state index in [9.17, 15) is 0 Å². The molecule has 0 unspecified atom stereocenters. The second kappa shape index (κ2) is 13.1. The fourth-order valence-electron chi connectivity index (χ4n) is 1.39. The summed E-state index contributed by atoms with van der Waals surface area (Å²) in [5.74, 6) is 5.50. The lowest BCUT2D eigenvalue weighted by Gasteiger charge is -1.93. The molecule has 0 aromatic rings. The lowest BCUT2D eigenvalue weighted by Crippen LogP contribution is -1.91. The minimum atomic E-state index is -0.520. The van der Waals surface area contributed by atoms with Crippen LogP contribution in [0.25, 0.3) is 0 Å². The summed E-state index contributed by atoms with van der Waals surface area (Å²) < 4.78 is 0. The van der Waals surface area contributed by atoms with E-state index >= 15 is 0 Å². The van der Waals surface area contributed by atoms with E-state index in [1.54, 1.807) is 6.92 Å². The first-order valence-corrected chi connectivity index (χ1v) is 6.76. The van der Waals surface area contributed by atoms with Crippen molar-refractivity contribution < 1.29 is 5.11 Å². The number of aliphatic hydroxyl groups excluding tert-OH is 1. The molecule has 0 saturated carbocycles. The summed E-state index contributed by atoms with van der Waals surface area (Å²) >= 11 is 0. The molecule has 0 aliphatic rings. The number of hydrogen-bond acceptors (Lipinski definition) is 1. The number of allylic oxidation sites excluding steroid dienone is 4. The van der Waals surface area contributed by atoms with Gasteiger partial charge in [-0.1, -0.05) is 49.8 Å². The Hall–Kier alpha value is -1.00. The largest absolute Gasteiger partial charge is 0.381 e. The van der Waals surface area contributed by atoms with Crippen LogP contribution in [-0.2, 0) is 0 Å². The molecule has 17 heavy (non-hydrogen) atoms. The molecule has 0 heterocycles. The fourth-order valence-corrected chi connectivity index (χ4v) is 1.39. The number of rotatable bonds is 8. The summed E-state index contributed by atoms with van der Waals surface area (Å²) in [4.78, 5) is 0. The molecule has 0 aromatic heterocycles. The summed E-state index contributed by atoms with van der Waals surface area (Å²) in [6.45, 7) is 3.90. The minimum Gasteiger partial charge on any atom is -0.381 e. The van der Waals surface area contributed by atoms with E-state index < -0.39 is 6.10 Å². The third-order valence-corrected chi connectivity index (χ3v) is 2.38. The Morgan fingerprint density at radius 3 is 2.18 bits per heavy atom. The third-order valence-electron chi connectivity index (χ3n) is 2.38. The van der Waals surface area contributed by atoms with Crippen molar-refractivity contribution in [1.82, 2.24) is 0 Å². The minimum absolute atomic E-state index is 0.520. The molecule has 0 fully saturated rings. The molecule has 1 heteroatoms. The van der Waals surface area contributed by atoms with Crippen molar-refractivity contribution in [2.45, 2.75) is 64.9 Å². The predicted octanol–water partition coefficient (Wildman–Crippen LogP) is 4.23. The van der Waals surface area contributed by atoms with Crippen LogP contribution >= 0.6 is 0 Å². The Morgan fingerprint density at radius 1 is 1.00 bits per heavy atom. The Balaban J connectivity index is 3.30. The van der Waals surface area contributed by atoms with Gasteiger partial charge in [-0.3, -0.25) is 0 Å². The lowest BCUT2D eigenvalue weighted by molar-refractivity contribution is 0.253. The van der Waals surface area contributed by atoms with Crippen LogP contribution in [0, 0.1) is 11.8 Å². The summed E-state index contributed by atoms with van der Waals surface area (Å²) in [6.07, 6.45) is 16.5. The monoisotopic (exact) mass is 234 g/mol. The third kappa shape index (κ3) is 15.0. The van der Waals surface area contributed by atoms with Gasteiger partial charge in [-0.05, 0) is 45.1 Å². The van der Waals surface area contributed by atoms with E-state index in [0.717, 1.165) is 6.42 Å². The van der Waals surface area contributed by atoms with Crippen molar-refractivity contribution in [3.63, 3.8) is 0 Å². The van der Waals surface area contributed by atoms with Crippen LogP contribution in [0.4, 0.5) is 0 Å². The molecule has 0 amide bonds. The summed E-state index contributed by atoms with van der Waals surface area (Å²) in [6, 6.07) is 0. The van der Waals surface area contributed by atoms with Crippen LogP contribution < -0.4 is 0 Å². The zero-order chi connectivity index (χ0) is 12.8. The van der Waals surface area contributed by atoms with Crippen LogP contribution in [0.15, 0.2) is 24.3 Å². The van der Waals surface area contributed by atoms with Crippen molar-refractivity contribution in [3.8, 4) is 11.8 Å². The van der Waals surface area contributed by atoms with Gasteiger partial charge in [-0.25, -0.2) is 0 Å². The quantitative estimate of drug-likeness (QED) is 0.378. The zero-order valence-corrected chi connectivity index (χ0v) is 11.3. The van der Waals surface area contributed by atoms with Gasteiger partial charge in [0, 0.05) is 0 Å². The van der Waals surface area contributed by atoms with Gasteiger partial charge >= 0.3 is 0 Å². The Bertz CT molecular complexity index is 263. The van der Waals surface area contributed by atoms with Gasteiger partial charge in [-0.2, -0.15) is 0 Å². The topological polar surface area (TPSA) is 20.2 Å². The van der Waals surface area contributed by atoms with E-state index in [0.29, 0.717) is 0 Å². The van der Waals surface area contributed by atoms with Crippen molar-refractivity contribution in [2.24, 2.45) is 0 Å². The molecule has 0 aromatic carbocycles. The predicted molar refractivity (Wildman–Crippen MR) is 75.7 cm³/mol. The Labute approximate surface area is 107 Å². The van der Waals surface area contributed by atoms with Crippen LogP contribution in [0.3, 0.4) is 0 Å². The maximum Gasteiger partial charge on any atom is 0.112 e. The van der Waals surface area contributed by atoms with E-state index in [-0.39, 0.29) is 0 Å². The van der Waals surface area contributed by atoms with Gasteiger partial charge in [0.05, 0.1) is 0 Å². The Kier molecular flexibility index (Phi) is 12.3. The SMILES string of the molecule is CCCC/C=C\CCCC/C=C\C#C[C@H](C)O. The maximum absolute atomic E-state index is 8.90. The van der Waals surface area contributed by atoms with Gasteiger partial charge < -0.3 is 5.11 Å². The van der Waals surface area contributed by atoms with E-state index in [1.807, 2.05) is 6.08 Å². The molecule has 0 rings (SSSR count). The first-order chi connectivity index (χ1) is 8.27. The van der Waals surface area contributed by atoms with Crippen molar-refractivity contribution in [3.05, 3.63) is 24.3 Å². The molecule has 0 spiro atoms. The van der Waals surface area contributed by atoms with Gasteiger partial charge in [0.1, 0.15) is 6.10 Å². The molecule has 0 saturated heterocycles. The number of unbranched alkanes of at least 4 members (excludes halogenated alkanes) is 5. The first-order valence-electron chi connectivity index (χ1n) is 6.76. The van der Waals surface area contributed by atoms with Crippen molar-refractivity contribution in [2.75, 3.05) is 0 Å².